The summed E-state index contributed by atoms with van der Waals surface area (Å²) in [6.07, 6.45) is 3.78. The van der Waals surface area contributed by atoms with E-state index >= 15 is 0 Å². The lowest BCUT2D eigenvalue weighted by Gasteiger charge is -2.49. The zero-order valence-corrected chi connectivity index (χ0v) is 17.3. The number of amides is 2. The largest absolute Gasteiger partial charge is 0.459 e. The minimum absolute atomic E-state index is 0.116. The summed E-state index contributed by atoms with van der Waals surface area (Å²) in [4.78, 5) is 16.8. The van der Waals surface area contributed by atoms with E-state index in [4.69, 9.17) is 4.42 Å². The lowest BCUT2D eigenvalue weighted by molar-refractivity contribution is 0.0225. The first-order valence-corrected chi connectivity index (χ1v) is 12.0. The van der Waals surface area contributed by atoms with Crippen molar-refractivity contribution >= 4 is 27.0 Å². The van der Waals surface area contributed by atoms with E-state index in [1.165, 1.54) is 10.9 Å². The molecule has 0 bridgehead atoms. The third-order valence-electron chi connectivity index (χ3n) is 6.65. The SMILES string of the molecule is CS(=O)(=O)NCCN1C(=O)NCC12CCN1CCc3c(oc4ccccc34)C1C2. The molecule has 5 rings (SSSR count). The van der Waals surface area contributed by atoms with Crippen LogP contribution in [0.2, 0.25) is 0 Å². The van der Waals surface area contributed by atoms with Gasteiger partial charge in [0.2, 0.25) is 10.0 Å². The van der Waals surface area contributed by atoms with Crippen LogP contribution in [0.3, 0.4) is 0 Å². The highest BCUT2D eigenvalue weighted by atomic mass is 32.2. The number of sulfonamides is 1. The van der Waals surface area contributed by atoms with Crippen LogP contribution >= 0.6 is 0 Å². The number of hydrogen-bond acceptors (Lipinski definition) is 5. The first-order chi connectivity index (χ1) is 13.9. The molecule has 2 N–H and O–H groups in total. The molecule has 29 heavy (non-hydrogen) atoms. The minimum atomic E-state index is -3.28. The Morgan fingerprint density at radius 1 is 1.31 bits per heavy atom. The van der Waals surface area contributed by atoms with Crippen molar-refractivity contribution in [1.82, 2.24) is 19.8 Å². The topological polar surface area (TPSA) is 94.9 Å². The van der Waals surface area contributed by atoms with Gasteiger partial charge in [0.05, 0.1) is 17.8 Å². The second-order valence-corrected chi connectivity index (χ2v) is 10.2. The van der Waals surface area contributed by atoms with Gasteiger partial charge in [0.15, 0.2) is 0 Å². The highest BCUT2D eigenvalue weighted by Crippen LogP contribution is 2.46. The monoisotopic (exact) mass is 418 g/mol. The predicted molar refractivity (Wildman–Crippen MR) is 109 cm³/mol. The van der Waals surface area contributed by atoms with Gasteiger partial charge >= 0.3 is 6.03 Å². The molecular formula is C20H26N4O4S. The first-order valence-electron chi connectivity index (χ1n) is 10.1. The summed E-state index contributed by atoms with van der Waals surface area (Å²) in [5.41, 5.74) is 1.90. The van der Waals surface area contributed by atoms with E-state index in [9.17, 15) is 13.2 Å². The molecule has 8 nitrogen and oxygen atoms in total. The second-order valence-electron chi connectivity index (χ2n) is 8.40. The molecule has 0 saturated carbocycles. The Labute approximate surface area is 170 Å². The van der Waals surface area contributed by atoms with E-state index in [1.807, 2.05) is 23.1 Å². The number of nitrogens with zero attached hydrogens (tertiary/aromatic N) is 2. The van der Waals surface area contributed by atoms with E-state index in [1.54, 1.807) is 0 Å². The molecule has 0 radical (unpaired) electrons. The van der Waals surface area contributed by atoms with E-state index in [0.717, 1.165) is 50.0 Å². The van der Waals surface area contributed by atoms with Gasteiger partial charge in [0.1, 0.15) is 11.3 Å². The molecule has 4 heterocycles. The molecule has 156 valence electrons. The Bertz CT molecular complexity index is 1070. The summed E-state index contributed by atoms with van der Waals surface area (Å²) in [5.74, 6) is 1.03. The molecule has 3 aliphatic rings. The fourth-order valence-electron chi connectivity index (χ4n) is 5.26. The quantitative estimate of drug-likeness (QED) is 0.784. The smallest absolute Gasteiger partial charge is 0.318 e. The number of rotatable bonds is 4. The van der Waals surface area contributed by atoms with Crippen LogP contribution in [0.1, 0.15) is 30.2 Å². The summed E-state index contributed by atoms with van der Waals surface area (Å²) in [6, 6.07) is 8.19. The molecule has 2 fully saturated rings. The van der Waals surface area contributed by atoms with Crippen molar-refractivity contribution in [1.29, 1.82) is 0 Å². The Hall–Kier alpha value is -2.10. The van der Waals surface area contributed by atoms with Gasteiger partial charge in [0, 0.05) is 43.7 Å². The highest BCUT2D eigenvalue weighted by Gasteiger charge is 2.51. The van der Waals surface area contributed by atoms with E-state index in [-0.39, 0.29) is 24.2 Å². The maximum atomic E-state index is 12.6. The number of furan rings is 1. The van der Waals surface area contributed by atoms with Crippen LogP contribution in [0.4, 0.5) is 4.79 Å². The number of carbonyl (C=O) groups excluding carboxylic acids is 1. The summed E-state index contributed by atoms with van der Waals surface area (Å²) in [7, 11) is -3.28. The molecule has 3 aliphatic heterocycles. The van der Waals surface area contributed by atoms with Crippen LogP contribution in [-0.4, -0.2) is 68.8 Å². The van der Waals surface area contributed by atoms with E-state index in [0.29, 0.717) is 13.1 Å². The van der Waals surface area contributed by atoms with E-state index in [2.05, 4.69) is 21.0 Å². The van der Waals surface area contributed by atoms with Crippen molar-refractivity contribution in [2.24, 2.45) is 0 Å². The van der Waals surface area contributed by atoms with Gasteiger partial charge in [0.25, 0.3) is 0 Å². The fourth-order valence-corrected chi connectivity index (χ4v) is 5.72. The average Bonchev–Trinajstić information content (AvgIpc) is 3.21. The molecule has 2 atom stereocenters. The first kappa shape index (κ1) is 18.9. The second kappa shape index (κ2) is 6.72. The van der Waals surface area contributed by atoms with Crippen molar-refractivity contribution in [3.63, 3.8) is 0 Å². The summed E-state index contributed by atoms with van der Waals surface area (Å²) >= 11 is 0. The van der Waals surface area contributed by atoms with Gasteiger partial charge in [-0.1, -0.05) is 18.2 Å². The van der Waals surface area contributed by atoms with Gasteiger partial charge in [-0.25, -0.2) is 17.9 Å². The molecule has 1 aromatic carbocycles. The molecule has 1 aromatic heterocycles. The summed E-state index contributed by atoms with van der Waals surface area (Å²) < 4.78 is 31.6. The number of urea groups is 1. The average molecular weight is 419 g/mol. The normalized spacial score (nSPS) is 27.3. The number of fused-ring (bicyclic) bond motifs is 5. The third-order valence-corrected chi connectivity index (χ3v) is 7.37. The predicted octanol–water partition coefficient (Wildman–Crippen LogP) is 1.44. The maximum absolute atomic E-state index is 12.6. The lowest BCUT2D eigenvalue weighted by Crippen LogP contribution is -2.57. The number of piperidine rings is 1. The summed E-state index contributed by atoms with van der Waals surface area (Å²) in [5, 5.41) is 4.18. The van der Waals surface area contributed by atoms with Crippen molar-refractivity contribution in [3.05, 3.63) is 35.6 Å². The zero-order chi connectivity index (χ0) is 20.2. The molecular weight excluding hydrogens is 392 g/mol. The van der Waals surface area contributed by atoms with Crippen LogP contribution in [-0.2, 0) is 16.4 Å². The van der Waals surface area contributed by atoms with Crippen LogP contribution in [0.25, 0.3) is 11.0 Å². The molecule has 2 unspecified atom stereocenters. The van der Waals surface area contributed by atoms with Crippen molar-refractivity contribution in [2.75, 3.05) is 39.0 Å². The van der Waals surface area contributed by atoms with Gasteiger partial charge in [-0.2, -0.15) is 0 Å². The van der Waals surface area contributed by atoms with E-state index < -0.39 is 10.0 Å². The minimum Gasteiger partial charge on any atom is -0.459 e. The number of para-hydroxylation sites is 1. The fraction of sp³-hybridized carbons (Fsp3) is 0.550. The van der Waals surface area contributed by atoms with Crippen LogP contribution in [0.15, 0.2) is 28.7 Å². The Morgan fingerprint density at radius 2 is 2.14 bits per heavy atom. The zero-order valence-electron chi connectivity index (χ0n) is 16.5. The molecule has 1 spiro atoms. The maximum Gasteiger partial charge on any atom is 0.318 e. The van der Waals surface area contributed by atoms with Gasteiger partial charge in [-0.3, -0.25) is 4.90 Å². The Balaban J connectivity index is 1.43. The highest BCUT2D eigenvalue weighted by molar-refractivity contribution is 7.88. The van der Waals surface area contributed by atoms with Gasteiger partial charge in [-0.05, 0) is 25.3 Å². The standard InChI is InChI=1S/C20H26N4O4S/c1-29(26,27)22-8-11-24-19(25)21-13-20(24)7-10-23-9-6-15-14-4-2-3-5-17(14)28-18(15)16(23)12-20/h2-5,16,22H,6-13H2,1H3,(H,21,25). The lowest BCUT2D eigenvalue weighted by atomic mass is 9.79. The van der Waals surface area contributed by atoms with Crippen LogP contribution < -0.4 is 10.0 Å². The molecule has 2 aromatic rings. The number of benzene rings is 1. The Kier molecular flexibility index (Phi) is 4.38. The molecule has 0 aliphatic carbocycles. The van der Waals surface area contributed by atoms with Crippen molar-refractivity contribution < 1.29 is 17.6 Å². The van der Waals surface area contributed by atoms with Gasteiger partial charge < -0.3 is 14.6 Å². The van der Waals surface area contributed by atoms with Gasteiger partial charge in [-0.15, -0.1) is 0 Å². The van der Waals surface area contributed by atoms with Crippen molar-refractivity contribution in [3.8, 4) is 0 Å². The Morgan fingerprint density at radius 3 is 2.97 bits per heavy atom. The third kappa shape index (κ3) is 3.21. The number of hydrogen-bond donors (Lipinski definition) is 2. The summed E-state index contributed by atoms with van der Waals surface area (Å²) in [6.45, 7) is 3.06. The number of carbonyl (C=O) groups is 1. The van der Waals surface area contributed by atoms with Crippen LogP contribution in [0, 0.1) is 0 Å². The molecule has 2 saturated heterocycles. The molecule has 9 heteroatoms. The molecule has 2 amide bonds. The van der Waals surface area contributed by atoms with Crippen molar-refractivity contribution in [2.45, 2.75) is 30.8 Å². The van der Waals surface area contributed by atoms with Crippen LogP contribution in [0.5, 0.6) is 0 Å². The number of nitrogens with one attached hydrogen (secondary N) is 2.